The maximum absolute atomic E-state index is 3.64. The lowest BCUT2D eigenvalue weighted by Crippen LogP contribution is -2.31. The lowest BCUT2D eigenvalue weighted by Gasteiger charge is -2.21. The fourth-order valence-electron chi connectivity index (χ4n) is 2.67. The maximum Gasteiger partial charge on any atom is 0.00726 e. The maximum atomic E-state index is 3.64. The second kappa shape index (κ2) is 9.16. The molecule has 0 saturated heterocycles. The normalized spacial score (nSPS) is 14.4. The molecule has 2 atom stereocenters. The highest BCUT2D eigenvalue weighted by Gasteiger charge is 2.11. The average Bonchev–Trinajstić information content (AvgIpc) is 2.38. The van der Waals surface area contributed by atoms with E-state index in [1.54, 1.807) is 0 Å². The van der Waals surface area contributed by atoms with Crippen molar-refractivity contribution in [1.29, 1.82) is 0 Å². The van der Waals surface area contributed by atoms with E-state index in [1.807, 2.05) is 0 Å². The van der Waals surface area contributed by atoms with Crippen molar-refractivity contribution < 1.29 is 0 Å². The van der Waals surface area contributed by atoms with Crippen LogP contribution in [0.4, 0.5) is 0 Å². The van der Waals surface area contributed by atoms with E-state index in [2.05, 4.69) is 56.4 Å². The molecule has 1 heteroatoms. The Hall–Kier alpha value is -0.820. The van der Waals surface area contributed by atoms with Crippen molar-refractivity contribution in [3.05, 3.63) is 35.9 Å². The highest BCUT2D eigenvalue weighted by atomic mass is 14.9. The van der Waals surface area contributed by atoms with Crippen molar-refractivity contribution in [1.82, 2.24) is 5.32 Å². The summed E-state index contributed by atoms with van der Waals surface area (Å²) in [6, 6.07) is 11.5. The minimum absolute atomic E-state index is 0.678. The number of aryl methyl sites for hydroxylation is 1. The van der Waals surface area contributed by atoms with Gasteiger partial charge in [-0.15, -0.1) is 0 Å². The summed E-state index contributed by atoms with van der Waals surface area (Å²) < 4.78 is 0. The van der Waals surface area contributed by atoms with Crippen LogP contribution >= 0.6 is 0 Å². The van der Waals surface area contributed by atoms with Crippen molar-refractivity contribution in [3.63, 3.8) is 0 Å². The lowest BCUT2D eigenvalue weighted by atomic mass is 9.93. The molecule has 0 bridgehead atoms. The molecule has 1 aromatic carbocycles. The molecule has 0 spiro atoms. The van der Waals surface area contributed by atoms with Crippen LogP contribution in [0.5, 0.6) is 0 Å². The van der Waals surface area contributed by atoms with Gasteiger partial charge in [0, 0.05) is 6.04 Å². The first-order valence-corrected chi connectivity index (χ1v) is 7.53. The fraction of sp³-hybridized carbons (Fsp3) is 0.647. The van der Waals surface area contributed by atoms with Crippen LogP contribution in [0, 0.1) is 5.92 Å². The molecule has 1 nitrogen and oxygen atoms in total. The second-order valence-electron chi connectivity index (χ2n) is 5.41. The van der Waals surface area contributed by atoms with Gasteiger partial charge in [0.1, 0.15) is 0 Å². The zero-order valence-electron chi connectivity index (χ0n) is 12.3. The minimum atomic E-state index is 0.678. The number of benzene rings is 1. The molecular formula is C17H29N. The number of nitrogens with one attached hydrogen (secondary N) is 1. The first-order chi connectivity index (χ1) is 8.76. The monoisotopic (exact) mass is 247 g/mol. The van der Waals surface area contributed by atoms with Gasteiger partial charge in [0.2, 0.25) is 0 Å². The standard InChI is InChI=1S/C17H29N/c1-4-9-15(3)14-17(18-5-2)13-12-16-10-7-6-8-11-16/h6-8,10-11,15,17-18H,4-5,9,12-14H2,1-3H3. The van der Waals surface area contributed by atoms with Crippen molar-refractivity contribution in [2.75, 3.05) is 6.54 Å². The molecule has 0 fully saturated rings. The molecule has 0 heterocycles. The average molecular weight is 247 g/mol. The van der Waals surface area contributed by atoms with Crippen LogP contribution in [-0.4, -0.2) is 12.6 Å². The largest absolute Gasteiger partial charge is 0.314 e. The third-order valence-corrected chi connectivity index (χ3v) is 3.59. The Morgan fingerprint density at radius 3 is 2.39 bits per heavy atom. The summed E-state index contributed by atoms with van der Waals surface area (Å²) in [6.45, 7) is 7.96. The predicted molar refractivity (Wildman–Crippen MR) is 80.9 cm³/mol. The van der Waals surface area contributed by atoms with Gasteiger partial charge in [-0.05, 0) is 37.3 Å². The van der Waals surface area contributed by atoms with Gasteiger partial charge < -0.3 is 5.32 Å². The van der Waals surface area contributed by atoms with E-state index in [4.69, 9.17) is 0 Å². The van der Waals surface area contributed by atoms with Crippen molar-refractivity contribution >= 4 is 0 Å². The van der Waals surface area contributed by atoms with Crippen molar-refractivity contribution in [2.45, 2.75) is 58.9 Å². The Bertz CT molecular complexity index is 294. The summed E-state index contributed by atoms with van der Waals surface area (Å²) in [5.74, 6) is 0.842. The summed E-state index contributed by atoms with van der Waals surface area (Å²) in [6.07, 6.45) is 6.42. The van der Waals surface area contributed by atoms with E-state index in [-0.39, 0.29) is 0 Å². The summed E-state index contributed by atoms with van der Waals surface area (Å²) in [5, 5.41) is 3.64. The second-order valence-corrected chi connectivity index (χ2v) is 5.41. The van der Waals surface area contributed by atoms with Gasteiger partial charge in [-0.25, -0.2) is 0 Å². The molecule has 0 amide bonds. The Kier molecular flexibility index (Phi) is 7.75. The molecule has 0 radical (unpaired) electrons. The number of rotatable bonds is 9. The SMILES string of the molecule is CCCC(C)CC(CCc1ccccc1)NCC. The Labute approximate surface area is 113 Å². The molecule has 1 N–H and O–H groups in total. The van der Waals surface area contributed by atoms with Crippen LogP contribution in [0.2, 0.25) is 0 Å². The van der Waals surface area contributed by atoms with Gasteiger partial charge in [0.15, 0.2) is 0 Å². The summed E-state index contributed by atoms with van der Waals surface area (Å²) in [7, 11) is 0. The molecule has 1 aromatic rings. The van der Waals surface area contributed by atoms with Crippen LogP contribution < -0.4 is 5.32 Å². The topological polar surface area (TPSA) is 12.0 Å². The van der Waals surface area contributed by atoms with Gasteiger partial charge in [0.25, 0.3) is 0 Å². The highest BCUT2D eigenvalue weighted by Crippen LogP contribution is 2.16. The van der Waals surface area contributed by atoms with Crippen molar-refractivity contribution in [3.8, 4) is 0 Å². The van der Waals surface area contributed by atoms with E-state index < -0.39 is 0 Å². The van der Waals surface area contributed by atoms with Gasteiger partial charge in [0.05, 0.1) is 0 Å². The van der Waals surface area contributed by atoms with E-state index in [1.165, 1.54) is 37.7 Å². The highest BCUT2D eigenvalue weighted by molar-refractivity contribution is 5.14. The third-order valence-electron chi connectivity index (χ3n) is 3.59. The smallest absolute Gasteiger partial charge is 0.00726 e. The van der Waals surface area contributed by atoms with Crippen LogP contribution in [0.25, 0.3) is 0 Å². The summed E-state index contributed by atoms with van der Waals surface area (Å²) in [5.41, 5.74) is 1.46. The molecule has 18 heavy (non-hydrogen) atoms. The van der Waals surface area contributed by atoms with Crippen LogP contribution in [0.15, 0.2) is 30.3 Å². The van der Waals surface area contributed by atoms with Crippen molar-refractivity contribution in [2.24, 2.45) is 5.92 Å². The first-order valence-electron chi connectivity index (χ1n) is 7.53. The zero-order valence-corrected chi connectivity index (χ0v) is 12.3. The molecule has 0 aromatic heterocycles. The molecule has 0 aliphatic carbocycles. The van der Waals surface area contributed by atoms with E-state index >= 15 is 0 Å². The molecular weight excluding hydrogens is 218 g/mol. The molecule has 0 aliphatic rings. The molecule has 102 valence electrons. The Morgan fingerprint density at radius 2 is 1.78 bits per heavy atom. The lowest BCUT2D eigenvalue weighted by molar-refractivity contribution is 0.372. The molecule has 2 unspecified atom stereocenters. The number of hydrogen-bond donors (Lipinski definition) is 1. The Morgan fingerprint density at radius 1 is 1.06 bits per heavy atom. The summed E-state index contributed by atoms with van der Waals surface area (Å²) >= 11 is 0. The molecule has 1 rings (SSSR count). The van der Waals surface area contributed by atoms with Crippen LogP contribution in [0.3, 0.4) is 0 Å². The van der Waals surface area contributed by atoms with Gasteiger partial charge in [-0.2, -0.15) is 0 Å². The van der Waals surface area contributed by atoms with Crippen LogP contribution in [-0.2, 0) is 6.42 Å². The zero-order chi connectivity index (χ0) is 13.2. The van der Waals surface area contributed by atoms with E-state index in [9.17, 15) is 0 Å². The predicted octanol–water partition coefficient (Wildman–Crippen LogP) is 4.42. The third kappa shape index (κ3) is 6.20. The fourth-order valence-corrected chi connectivity index (χ4v) is 2.67. The van der Waals surface area contributed by atoms with Gasteiger partial charge in [-0.3, -0.25) is 0 Å². The van der Waals surface area contributed by atoms with Gasteiger partial charge in [-0.1, -0.05) is 63.9 Å². The minimum Gasteiger partial charge on any atom is -0.314 e. The summed E-state index contributed by atoms with van der Waals surface area (Å²) in [4.78, 5) is 0. The van der Waals surface area contributed by atoms with E-state index in [0.717, 1.165) is 12.5 Å². The molecule has 0 saturated carbocycles. The number of hydrogen-bond acceptors (Lipinski definition) is 1. The van der Waals surface area contributed by atoms with E-state index in [0.29, 0.717) is 6.04 Å². The van der Waals surface area contributed by atoms with Gasteiger partial charge >= 0.3 is 0 Å². The first kappa shape index (κ1) is 15.2. The quantitative estimate of drug-likeness (QED) is 0.681. The molecule has 0 aliphatic heterocycles. The van der Waals surface area contributed by atoms with Crippen LogP contribution in [0.1, 0.15) is 52.0 Å². The Balaban J connectivity index is 2.37.